The molecular formula is C18H21N3O4S. The second kappa shape index (κ2) is 7.53. The molecule has 2 aromatic rings. The van der Waals surface area contributed by atoms with Gasteiger partial charge in [-0.15, -0.1) is 0 Å². The minimum absolute atomic E-state index is 0.0482. The van der Waals surface area contributed by atoms with Gasteiger partial charge in [-0.2, -0.15) is 4.31 Å². The van der Waals surface area contributed by atoms with E-state index in [0.29, 0.717) is 25.2 Å². The van der Waals surface area contributed by atoms with Crippen molar-refractivity contribution in [2.24, 2.45) is 0 Å². The second-order valence-corrected chi connectivity index (χ2v) is 8.40. The molecule has 7 nitrogen and oxygen atoms in total. The topological polar surface area (TPSA) is 83.8 Å². The van der Waals surface area contributed by atoms with Gasteiger partial charge in [0.2, 0.25) is 10.0 Å². The highest BCUT2D eigenvalue weighted by Crippen LogP contribution is 2.29. The molecule has 1 aliphatic heterocycles. The highest BCUT2D eigenvalue weighted by atomic mass is 32.2. The summed E-state index contributed by atoms with van der Waals surface area (Å²) in [6.45, 7) is 1.72. The van der Waals surface area contributed by atoms with Crippen LogP contribution in [0.3, 0.4) is 0 Å². The lowest BCUT2D eigenvalue weighted by Gasteiger charge is -2.39. The lowest BCUT2D eigenvalue weighted by atomic mass is 10.1. The fraction of sp³-hybridized carbons (Fsp3) is 0.333. The smallest absolute Gasteiger partial charge is 0.269 e. The van der Waals surface area contributed by atoms with Crippen LogP contribution in [0.15, 0.2) is 54.6 Å². The van der Waals surface area contributed by atoms with E-state index in [0.717, 1.165) is 5.56 Å². The fourth-order valence-electron chi connectivity index (χ4n) is 3.19. The molecule has 0 bridgehead atoms. The van der Waals surface area contributed by atoms with Crippen LogP contribution in [0.25, 0.3) is 0 Å². The van der Waals surface area contributed by atoms with E-state index in [1.54, 1.807) is 4.31 Å². The molecule has 1 atom stereocenters. The normalized spacial score (nSPS) is 19.3. The van der Waals surface area contributed by atoms with E-state index >= 15 is 0 Å². The number of benzene rings is 2. The number of nitro benzene ring substituents is 1. The van der Waals surface area contributed by atoms with Crippen molar-refractivity contribution in [3.8, 4) is 0 Å². The van der Waals surface area contributed by atoms with E-state index in [4.69, 9.17) is 0 Å². The molecule has 0 unspecified atom stereocenters. The van der Waals surface area contributed by atoms with Crippen molar-refractivity contribution < 1.29 is 13.3 Å². The third-order valence-electron chi connectivity index (χ3n) is 4.57. The molecule has 0 radical (unpaired) electrons. The van der Waals surface area contributed by atoms with E-state index in [1.807, 2.05) is 37.4 Å². The molecule has 1 fully saturated rings. The van der Waals surface area contributed by atoms with Crippen molar-refractivity contribution in [1.82, 2.24) is 9.21 Å². The molecule has 0 aliphatic carbocycles. The number of nitrogens with zero attached hydrogens (tertiary/aromatic N) is 3. The van der Waals surface area contributed by atoms with Crippen molar-refractivity contribution in [2.45, 2.75) is 11.8 Å². The summed E-state index contributed by atoms with van der Waals surface area (Å²) in [7, 11) is -1.57. The summed E-state index contributed by atoms with van der Waals surface area (Å²) < 4.78 is 27.6. The van der Waals surface area contributed by atoms with Gasteiger partial charge in [0.05, 0.1) is 16.7 Å². The zero-order valence-corrected chi connectivity index (χ0v) is 15.3. The molecule has 0 saturated carbocycles. The predicted molar refractivity (Wildman–Crippen MR) is 99.1 cm³/mol. The summed E-state index contributed by atoms with van der Waals surface area (Å²) in [5.41, 5.74) is 1.46. The number of hydrogen-bond donors (Lipinski definition) is 0. The molecule has 1 saturated heterocycles. The first kappa shape index (κ1) is 18.5. The SMILES string of the molecule is CN1CCN(S(=O)(=O)Cc2ccc([N+](=O)[O-])cc2)[C@@H](c2ccccc2)C1. The summed E-state index contributed by atoms with van der Waals surface area (Å²) in [6, 6.07) is 15.1. The molecule has 0 N–H and O–H groups in total. The Bertz CT molecular complexity index is 869. The number of rotatable bonds is 5. The minimum atomic E-state index is -3.55. The van der Waals surface area contributed by atoms with Crippen LogP contribution in [-0.4, -0.2) is 49.2 Å². The largest absolute Gasteiger partial charge is 0.303 e. The summed E-state index contributed by atoms with van der Waals surface area (Å²) in [4.78, 5) is 12.4. The zero-order valence-electron chi connectivity index (χ0n) is 14.5. The summed E-state index contributed by atoms with van der Waals surface area (Å²) in [5, 5.41) is 10.7. The quantitative estimate of drug-likeness (QED) is 0.592. The highest BCUT2D eigenvalue weighted by Gasteiger charge is 2.35. The van der Waals surface area contributed by atoms with Crippen molar-refractivity contribution in [3.63, 3.8) is 0 Å². The van der Waals surface area contributed by atoms with Crippen molar-refractivity contribution in [3.05, 3.63) is 75.8 Å². The minimum Gasteiger partial charge on any atom is -0.303 e. The molecule has 0 spiro atoms. The third kappa shape index (κ3) is 4.09. The third-order valence-corrected chi connectivity index (χ3v) is 6.42. The lowest BCUT2D eigenvalue weighted by molar-refractivity contribution is -0.384. The van der Waals surface area contributed by atoms with E-state index in [-0.39, 0.29) is 17.5 Å². The Labute approximate surface area is 153 Å². The Balaban J connectivity index is 1.85. The first-order valence-electron chi connectivity index (χ1n) is 8.33. The van der Waals surface area contributed by atoms with E-state index < -0.39 is 14.9 Å². The molecular weight excluding hydrogens is 354 g/mol. The van der Waals surface area contributed by atoms with Crippen LogP contribution in [0.2, 0.25) is 0 Å². The van der Waals surface area contributed by atoms with Gasteiger partial charge in [0, 0.05) is 31.8 Å². The Hall–Kier alpha value is -2.29. The van der Waals surface area contributed by atoms with Crippen LogP contribution in [0.5, 0.6) is 0 Å². The van der Waals surface area contributed by atoms with Gasteiger partial charge in [-0.25, -0.2) is 8.42 Å². The van der Waals surface area contributed by atoms with Gasteiger partial charge in [-0.05, 0) is 18.2 Å². The molecule has 0 aromatic heterocycles. The van der Waals surface area contributed by atoms with Crippen LogP contribution in [0.1, 0.15) is 17.2 Å². The highest BCUT2D eigenvalue weighted by molar-refractivity contribution is 7.88. The number of piperazine rings is 1. The van der Waals surface area contributed by atoms with Crippen LogP contribution >= 0.6 is 0 Å². The fourth-order valence-corrected chi connectivity index (χ4v) is 4.91. The van der Waals surface area contributed by atoms with Crippen molar-refractivity contribution in [2.75, 3.05) is 26.7 Å². The number of sulfonamides is 1. The zero-order chi connectivity index (χ0) is 18.7. The van der Waals surface area contributed by atoms with Gasteiger partial charge < -0.3 is 4.90 Å². The van der Waals surface area contributed by atoms with Crippen LogP contribution < -0.4 is 0 Å². The first-order chi connectivity index (χ1) is 12.4. The molecule has 1 heterocycles. The Morgan fingerprint density at radius 1 is 1.08 bits per heavy atom. The Morgan fingerprint density at radius 3 is 2.35 bits per heavy atom. The second-order valence-electron chi connectivity index (χ2n) is 6.48. The van der Waals surface area contributed by atoms with E-state index in [9.17, 15) is 18.5 Å². The predicted octanol–water partition coefficient (Wildman–Crippen LogP) is 2.41. The van der Waals surface area contributed by atoms with Gasteiger partial charge in [0.15, 0.2) is 0 Å². The lowest BCUT2D eigenvalue weighted by Crippen LogP contribution is -2.49. The molecule has 138 valence electrons. The van der Waals surface area contributed by atoms with E-state index in [2.05, 4.69) is 4.90 Å². The monoisotopic (exact) mass is 375 g/mol. The van der Waals surface area contributed by atoms with Crippen molar-refractivity contribution in [1.29, 1.82) is 0 Å². The van der Waals surface area contributed by atoms with Crippen LogP contribution in [-0.2, 0) is 15.8 Å². The maximum atomic E-state index is 13.0. The standard InChI is InChI=1S/C18H21N3O4S/c1-19-11-12-20(18(13-19)16-5-3-2-4-6-16)26(24,25)14-15-7-9-17(10-8-15)21(22)23/h2-10,18H,11-14H2,1H3/t18-/m1/s1. The van der Waals surface area contributed by atoms with Crippen LogP contribution in [0, 0.1) is 10.1 Å². The average molecular weight is 375 g/mol. The summed E-state index contributed by atoms with van der Waals surface area (Å²) >= 11 is 0. The number of likely N-dealkylation sites (N-methyl/N-ethyl adjacent to an activating group) is 1. The van der Waals surface area contributed by atoms with Crippen molar-refractivity contribution >= 4 is 15.7 Å². The maximum Gasteiger partial charge on any atom is 0.269 e. The Kier molecular flexibility index (Phi) is 5.36. The van der Waals surface area contributed by atoms with Crippen LogP contribution in [0.4, 0.5) is 5.69 Å². The van der Waals surface area contributed by atoms with Gasteiger partial charge in [0.25, 0.3) is 5.69 Å². The van der Waals surface area contributed by atoms with Gasteiger partial charge in [0.1, 0.15) is 0 Å². The summed E-state index contributed by atoms with van der Waals surface area (Å²) in [6.07, 6.45) is 0. The average Bonchev–Trinajstić information content (AvgIpc) is 2.62. The summed E-state index contributed by atoms with van der Waals surface area (Å²) in [5.74, 6) is -0.169. The van der Waals surface area contributed by atoms with Gasteiger partial charge in [-0.1, -0.05) is 42.5 Å². The van der Waals surface area contributed by atoms with E-state index in [1.165, 1.54) is 24.3 Å². The maximum absolute atomic E-state index is 13.0. The molecule has 0 amide bonds. The molecule has 26 heavy (non-hydrogen) atoms. The molecule has 8 heteroatoms. The number of hydrogen-bond acceptors (Lipinski definition) is 5. The molecule has 2 aromatic carbocycles. The number of nitro groups is 1. The molecule has 3 rings (SSSR count). The first-order valence-corrected chi connectivity index (χ1v) is 9.94. The van der Waals surface area contributed by atoms with Gasteiger partial charge >= 0.3 is 0 Å². The Morgan fingerprint density at radius 2 is 1.73 bits per heavy atom. The number of non-ortho nitro benzene ring substituents is 1. The van der Waals surface area contributed by atoms with Gasteiger partial charge in [-0.3, -0.25) is 10.1 Å². The molecule has 1 aliphatic rings.